The first-order chi connectivity index (χ1) is 17.3. The molecule has 0 radical (unpaired) electrons. The molecular formula is C30H30N4O2. The van der Waals surface area contributed by atoms with Gasteiger partial charge in [-0.25, -0.2) is 0 Å². The Balaban J connectivity index is 1.70. The van der Waals surface area contributed by atoms with E-state index in [0.29, 0.717) is 23.5 Å². The maximum Gasteiger partial charge on any atom is 0.277 e. The molecule has 1 aliphatic heterocycles. The van der Waals surface area contributed by atoms with Crippen molar-refractivity contribution in [2.24, 2.45) is 0 Å². The Labute approximate surface area is 211 Å². The van der Waals surface area contributed by atoms with Crippen molar-refractivity contribution in [3.63, 3.8) is 0 Å². The van der Waals surface area contributed by atoms with Crippen LogP contribution in [0.1, 0.15) is 42.9 Å². The highest BCUT2D eigenvalue weighted by Gasteiger charge is 2.46. The van der Waals surface area contributed by atoms with Gasteiger partial charge < -0.3 is 5.32 Å². The molecule has 1 N–H and O–H groups in total. The minimum Gasteiger partial charge on any atom is -0.350 e. The number of fused-ring (bicyclic) bond motifs is 1. The Bertz CT molecular complexity index is 1360. The van der Waals surface area contributed by atoms with Gasteiger partial charge in [-0.05, 0) is 51.0 Å². The molecule has 6 heteroatoms. The standard InChI is InChI=1S/C30H30N4O2/c1-30(2,3)31-28(35)27-25(19-21-13-7-4-8-14-21)34-26(20-24(32-34)22-15-9-5-10-16-22)29(36)33(27)23-17-11-6-12-18-23/h4-18,20,25,27H,19H2,1-3H3,(H,31,35). The lowest BCUT2D eigenvalue weighted by atomic mass is 9.93. The fourth-order valence-electron chi connectivity index (χ4n) is 4.77. The van der Waals surface area contributed by atoms with E-state index in [1.807, 2.05) is 118 Å². The number of carbonyl (C=O) groups excluding carboxylic acids is 2. The SMILES string of the molecule is CC(C)(C)NC(=O)C1C(Cc2ccccc2)n2nc(-c3ccccc3)cc2C(=O)N1c1ccccc1. The molecule has 2 atom stereocenters. The fraction of sp³-hybridized carbons (Fsp3) is 0.233. The molecule has 1 aliphatic rings. The van der Waals surface area contributed by atoms with Gasteiger partial charge in [0.25, 0.3) is 5.91 Å². The van der Waals surface area contributed by atoms with Crippen molar-refractivity contribution in [2.45, 2.75) is 44.8 Å². The number of para-hydroxylation sites is 1. The molecule has 0 aliphatic carbocycles. The van der Waals surface area contributed by atoms with Crippen molar-refractivity contribution in [1.29, 1.82) is 0 Å². The van der Waals surface area contributed by atoms with Crippen LogP contribution in [0.4, 0.5) is 5.69 Å². The van der Waals surface area contributed by atoms with Gasteiger partial charge in [0.2, 0.25) is 5.91 Å². The first kappa shape index (κ1) is 23.5. The number of anilines is 1. The van der Waals surface area contributed by atoms with Crippen molar-refractivity contribution in [3.8, 4) is 11.3 Å². The average Bonchev–Trinajstić information content (AvgIpc) is 3.32. The molecule has 0 bridgehead atoms. The van der Waals surface area contributed by atoms with Crippen LogP contribution in [0, 0.1) is 0 Å². The second-order valence-corrected chi connectivity index (χ2v) is 10.2. The van der Waals surface area contributed by atoms with Crippen LogP contribution in [0.15, 0.2) is 97.1 Å². The Kier molecular flexibility index (Phi) is 6.18. The molecule has 2 heterocycles. The topological polar surface area (TPSA) is 67.2 Å². The lowest BCUT2D eigenvalue weighted by molar-refractivity contribution is -0.125. The lowest BCUT2D eigenvalue weighted by Crippen LogP contribution is -2.60. The molecule has 6 nitrogen and oxygen atoms in total. The van der Waals surface area contributed by atoms with Crippen LogP contribution in [-0.2, 0) is 11.2 Å². The summed E-state index contributed by atoms with van der Waals surface area (Å²) in [5.74, 6) is -0.447. The second kappa shape index (κ2) is 9.46. The number of hydrogen-bond donors (Lipinski definition) is 1. The summed E-state index contributed by atoms with van der Waals surface area (Å²) in [6.45, 7) is 5.84. The number of nitrogens with one attached hydrogen (secondary N) is 1. The van der Waals surface area contributed by atoms with E-state index in [4.69, 9.17) is 5.10 Å². The highest BCUT2D eigenvalue weighted by atomic mass is 16.2. The number of amides is 2. The molecular weight excluding hydrogens is 448 g/mol. The quantitative estimate of drug-likeness (QED) is 0.425. The van der Waals surface area contributed by atoms with Crippen molar-refractivity contribution >= 4 is 17.5 Å². The van der Waals surface area contributed by atoms with E-state index in [9.17, 15) is 9.59 Å². The van der Waals surface area contributed by atoms with Crippen LogP contribution in [0.2, 0.25) is 0 Å². The maximum atomic E-state index is 14.0. The zero-order chi connectivity index (χ0) is 25.3. The number of benzene rings is 3. The van der Waals surface area contributed by atoms with Gasteiger partial charge in [0.05, 0.1) is 11.7 Å². The van der Waals surface area contributed by atoms with Crippen molar-refractivity contribution in [2.75, 3.05) is 4.90 Å². The molecule has 3 aromatic carbocycles. The predicted molar refractivity (Wildman–Crippen MR) is 142 cm³/mol. The Morgan fingerprint density at radius 1 is 0.889 bits per heavy atom. The van der Waals surface area contributed by atoms with Crippen LogP contribution in [0.25, 0.3) is 11.3 Å². The van der Waals surface area contributed by atoms with Crippen molar-refractivity contribution < 1.29 is 9.59 Å². The van der Waals surface area contributed by atoms with Crippen LogP contribution >= 0.6 is 0 Å². The molecule has 4 aromatic rings. The number of aromatic nitrogens is 2. The fourth-order valence-corrected chi connectivity index (χ4v) is 4.77. The highest BCUT2D eigenvalue weighted by Crippen LogP contribution is 2.36. The van der Waals surface area contributed by atoms with E-state index >= 15 is 0 Å². The molecule has 2 amide bonds. The molecule has 0 saturated heterocycles. The zero-order valence-corrected chi connectivity index (χ0v) is 20.8. The van der Waals surface area contributed by atoms with Crippen molar-refractivity contribution in [3.05, 3.63) is 108 Å². The van der Waals surface area contributed by atoms with Gasteiger partial charge in [-0.2, -0.15) is 5.10 Å². The van der Waals surface area contributed by atoms with Gasteiger partial charge >= 0.3 is 0 Å². The first-order valence-electron chi connectivity index (χ1n) is 12.2. The minimum absolute atomic E-state index is 0.206. The third kappa shape index (κ3) is 4.67. The molecule has 182 valence electrons. The Morgan fingerprint density at radius 2 is 1.47 bits per heavy atom. The van der Waals surface area contributed by atoms with Gasteiger partial charge in [0, 0.05) is 16.8 Å². The van der Waals surface area contributed by atoms with Crippen LogP contribution in [0.3, 0.4) is 0 Å². The predicted octanol–water partition coefficient (Wildman–Crippen LogP) is 5.28. The van der Waals surface area contributed by atoms with Gasteiger partial charge in [0.15, 0.2) is 0 Å². The number of nitrogens with zero attached hydrogens (tertiary/aromatic N) is 3. The summed E-state index contributed by atoms with van der Waals surface area (Å²) in [6.07, 6.45) is 0.544. The number of carbonyl (C=O) groups is 2. The normalized spacial score (nSPS) is 17.5. The summed E-state index contributed by atoms with van der Waals surface area (Å²) < 4.78 is 1.77. The van der Waals surface area contributed by atoms with Gasteiger partial charge in [0.1, 0.15) is 11.7 Å². The van der Waals surface area contributed by atoms with E-state index in [0.717, 1.165) is 11.1 Å². The van der Waals surface area contributed by atoms with E-state index < -0.39 is 17.6 Å². The smallest absolute Gasteiger partial charge is 0.277 e. The average molecular weight is 479 g/mol. The maximum absolute atomic E-state index is 14.0. The summed E-state index contributed by atoms with van der Waals surface area (Å²) in [6, 6.07) is 29.9. The molecule has 0 saturated carbocycles. The van der Waals surface area contributed by atoms with Gasteiger partial charge in [-0.15, -0.1) is 0 Å². The summed E-state index contributed by atoms with van der Waals surface area (Å²) in [4.78, 5) is 29.5. The van der Waals surface area contributed by atoms with Crippen LogP contribution in [0.5, 0.6) is 0 Å². The van der Waals surface area contributed by atoms with E-state index in [-0.39, 0.29) is 11.8 Å². The number of rotatable bonds is 5. The van der Waals surface area contributed by atoms with Crippen LogP contribution < -0.4 is 10.2 Å². The molecule has 5 rings (SSSR count). The zero-order valence-electron chi connectivity index (χ0n) is 20.8. The highest BCUT2D eigenvalue weighted by molar-refractivity contribution is 6.11. The largest absolute Gasteiger partial charge is 0.350 e. The molecule has 0 spiro atoms. The van der Waals surface area contributed by atoms with Gasteiger partial charge in [-0.1, -0.05) is 78.9 Å². The lowest BCUT2D eigenvalue weighted by Gasteiger charge is -2.41. The molecule has 36 heavy (non-hydrogen) atoms. The first-order valence-corrected chi connectivity index (χ1v) is 12.2. The van der Waals surface area contributed by atoms with E-state index in [1.165, 1.54) is 0 Å². The molecule has 0 fully saturated rings. The van der Waals surface area contributed by atoms with Gasteiger partial charge in [-0.3, -0.25) is 19.2 Å². The summed E-state index contributed by atoms with van der Waals surface area (Å²) in [7, 11) is 0. The molecule has 1 aromatic heterocycles. The van der Waals surface area contributed by atoms with E-state index in [1.54, 1.807) is 9.58 Å². The monoisotopic (exact) mass is 478 g/mol. The second-order valence-electron chi connectivity index (χ2n) is 10.2. The minimum atomic E-state index is -0.782. The summed E-state index contributed by atoms with van der Waals surface area (Å²) >= 11 is 0. The van der Waals surface area contributed by atoms with Crippen molar-refractivity contribution in [1.82, 2.24) is 15.1 Å². The third-order valence-corrected chi connectivity index (χ3v) is 6.29. The summed E-state index contributed by atoms with van der Waals surface area (Å²) in [5, 5.41) is 8.02. The number of hydrogen-bond acceptors (Lipinski definition) is 3. The Morgan fingerprint density at radius 3 is 2.08 bits per heavy atom. The third-order valence-electron chi connectivity index (χ3n) is 6.29. The molecule has 2 unspecified atom stereocenters. The van der Waals surface area contributed by atoms with E-state index in [2.05, 4.69) is 5.32 Å². The summed E-state index contributed by atoms with van der Waals surface area (Å²) in [5.41, 5.74) is 3.40. The van der Waals surface area contributed by atoms with Crippen LogP contribution in [-0.4, -0.2) is 33.2 Å². The Hall–Kier alpha value is -4.19.